The van der Waals surface area contributed by atoms with Crippen molar-refractivity contribution in [3.63, 3.8) is 0 Å². The first-order chi connectivity index (χ1) is 17.3. The van der Waals surface area contributed by atoms with E-state index in [0.29, 0.717) is 53.4 Å². The Labute approximate surface area is 210 Å². The predicted octanol–water partition coefficient (Wildman–Crippen LogP) is 3.38. The average Bonchev–Trinajstić information content (AvgIpc) is 3.43. The second-order valence-electron chi connectivity index (χ2n) is 9.03. The SMILES string of the molecule is Cc1nc(S(C)(=O)=O)ccc1-c1cc(N2CCOC[C@H]2C)nc2c(-c3cc(C(F)(F)F)[nH]n3)nn(C)c12. The van der Waals surface area contributed by atoms with Gasteiger partial charge in [0.1, 0.15) is 28.4 Å². The molecule has 196 valence electrons. The number of anilines is 1. The Bertz CT molecular complexity index is 1610. The summed E-state index contributed by atoms with van der Waals surface area (Å²) in [6.07, 6.45) is -3.50. The first kappa shape index (κ1) is 25.1. The van der Waals surface area contributed by atoms with Gasteiger partial charge in [0.05, 0.1) is 24.8 Å². The van der Waals surface area contributed by atoms with Crippen LogP contribution in [0.2, 0.25) is 0 Å². The molecule has 0 aliphatic carbocycles. The van der Waals surface area contributed by atoms with E-state index in [4.69, 9.17) is 9.72 Å². The van der Waals surface area contributed by atoms with Crippen LogP contribution in [0, 0.1) is 6.92 Å². The number of aromatic nitrogens is 6. The number of aromatic amines is 1. The second-order valence-corrected chi connectivity index (χ2v) is 11.0. The number of ether oxygens (including phenoxy) is 1. The van der Waals surface area contributed by atoms with Crippen molar-refractivity contribution in [2.45, 2.75) is 31.1 Å². The normalized spacial score (nSPS) is 17.1. The number of nitrogens with one attached hydrogen (secondary N) is 1. The van der Waals surface area contributed by atoms with E-state index >= 15 is 0 Å². The lowest BCUT2D eigenvalue weighted by Gasteiger charge is -2.34. The summed E-state index contributed by atoms with van der Waals surface area (Å²) in [5.74, 6) is 0.589. The standard InChI is InChI=1S/C23H24F3N7O3S/c1-12-11-36-8-7-33(12)18-9-15(14-5-6-19(27-13(14)2)37(4,34)35)22-21(28-18)20(31-32(22)3)16-10-17(30-29-16)23(24,25)26/h5-6,9-10,12H,7-8,11H2,1-4H3,(H,29,30)/t12-/m1/s1. The van der Waals surface area contributed by atoms with Crippen molar-refractivity contribution >= 4 is 26.7 Å². The topological polar surface area (TPSA) is 119 Å². The van der Waals surface area contributed by atoms with Gasteiger partial charge in [0.25, 0.3) is 0 Å². The molecule has 1 N–H and O–H groups in total. The fourth-order valence-electron chi connectivity index (χ4n) is 4.47. The van der Waals surface area contributed by atoms with Crippen molar-refractivity contribution in [3.05, 3.63) is 35.7 Å². The summed E-state index contributed by atoms with van der Waals surface area (Å²) in [6.45, 7) is 5.25. The third-order valence-corrected chi connectivity index (χ3v) is 7.28. The van der Waals surface area contributed by atoms with E-state index in [9.17, 15) is 21.6 Å². The van der Waals surface area contributed by atoms with Crippen LogP contribution in [0.5, 0.6) is 0 Å². The molecular weight excluding hydrogens is 511 g/mol. The predicted molar refractivity (Wildman–Crippen MR) is 130 cm³/mol. The Morgan fingerprint density at radius 1 is 1.16 bits per heavy atom. The maximum Gasteiger partial charge on any atom is 0.432 e. The van der Waals surface area contributed by atoms with Crippen molar-refractivity contribution in [2.75, 3.05) is 30.9 Å². The van der Waals surface area contributed by atoms with Crippen LogP contribution in [0.3, 0.4) is 0 Å². The van der Waals surface area contributed by atoms with Gasteiger partial charge in [-0.15, -0.1) is 0 Å². The van der Waals surface area contributed by atoms with Crippen molar-refractivity contribution < 1.29 is 26.3 Å². The molecule has 5 heterocycles. The molecule has 0 unspecified atom stereocenters. The summed E-state index contributed by atoms with van der Waals surface area (Å²) in [4.78, 5) is 11.2. The van der Waals surface area contributed by atoms with Gasteiger partial charge in [-0.1, -0.05) is 0 Å². The van der Waals surface area contributed by atoms with Gasteiger partial charge in [-0.2, -0.15) is 23.4 Å². The fourth-order valence-corrected chi connectivity index (χ4v) is 5.09. The van der Waals surface area contributed by atoms with Crippen LogP contribution >= 0.6 is 0 Å². The van der Waals surface area contributed by atoms with Gasteiger partial charge in [0.2, 0.25) is 0 Å². The van der Waals surface area contributed by atoms with Crippen LogP contribution in [0.1, 0.15) is 18.3 Å². The van der Waals surface area contributed by atoms with Crippen molar-refractivity contribution in [3.8, 4) is 22.5 Å². The van der Waals surface area contributed by atoms with Gasteiger partial charge in [-0.05, 0) is 38.1 Å². The lowest BCUT2D eigenvalue weighted by atomic mass is 10.0. The number of fused-ring (bicyclic) bond motifs is 1. The van der Waals surface area contributed by atoms with Crippen LogP contribution < -0.4 is 4.90 Å². The third kappa shape index (κ3) is 4.55. The van der Waals surface area contributed by atoms with E-state index < -0.39 is 21.7 Å². The summed E-state index contributed by atoms with van der Waals surface area (Å²) in [5, 5.41) is 10.3. The zero-order valence-electron chi connectivity index (χ0n) is 20.5. The number of sulfone groups is 1. The average molecular weight is 536 g/mol. The highest BCUT2D eigenvalue weighted by Crippen LogP contribution is 2.38. The number of halogens is 3. The molecule has 1 aliphatic rings. The molecule has 0 bridgehead atoms. The first-order valence-electron chi connectivity index (χ1n) is 11.4. The van der Waals surface area contributed by atoms with Gasteiger partial charge < -0.3 is 9.64 Å². The highest BCUT2D eigenvalue weighted by Gasteiger charge is 2.34. The number of pyridine rings is 2. The zero-order valence-corrected chi connectivity index (χ0v) is 21.3. The lowest BCUT2D eigenvalue weighted by molar-refractivity contribution is -0.141. The van der Waals surface area contributed by atoms with E-state index in [1.807, 2.05) is 18.1 Å². The van der Waals surface area contributed by atoms with Crippen molar-refractivity contribution in [2.24, 2.45) is 7.05 Å². The quantitative estimate of drug-likeness (QED) is 0.423. The van der Waals surface area contributed by atoms with Crippen LogP contribution in [0.25, 0.3) is 33.5 Å². The molecular formula is C23H24F3N7O3S. The smallest absolute Gasteiger partial charge is 0.377 e. The Morgan fingerprint density at radius 3 is 2.54 bits per heavy atom. The van der Waals surface area contributed by atoms with Gasteiger partial charge in [0, 0.05) is 36.7 Å². The summed E-state index contributed by atoms with van der Waals surface area (Å²) in [5.41, 5.74) is 1.89. The molecule has 1 fully saturated rings. The minimum atomic E-state index is -4.59. The number of rotatable bonds is 4. The minimum Gasteiger partial charge on any atom is -0.377 e. The molecule has 4 aromatic heterocycles. The fraction of sp³-hybridized carbons (Fsp3) is 0.391. The lowest BCUT2D eigenvalue weighted by Crippen LogP contribution is -2.44. The third-order valence-electron chi connectivity index (χ3n) is 6.30. The first-order valence-corrected chi connectivity index (χ1v) is 13.3. The largest absolute Gasteiger partial charge is 0.432 e. The highest BCUT2D eigenvalue weighted by atomic mass is 32.2. The van der Waals surface area contributed by atoms with Gasteiger partial charge in [-0.3, -0.25) is 9.78 Å². The second kappa shape index (κ2) is 8.80. The van der Waals surface area contributed by atoms with E-state index in [0.717, 1.165) is 12.3 Å². The van der Waals surface area contributed by atoms with E-state index in [1.165, 1.54) is 10.7 Å². The zero-order chi connectivity index (χ0) is 26.7. The van der Waals surface area contributed by atoms with Gasteiger partial charge >= 0.3 is 6.18 Å². The molecule has 0 saturated carbocycles. The molecule has 10 nitrogen and oxygen atoms in total. The van der Waals surface area contributed by atoms with Crippen molar-refractivity contribution in [1.29, 1.82) is 0 Å². The van der Waals surface area contributed by atoms with Crippen molar-refractivity contribution in [1.82, 2.24) is 29.9 Å². The van der Waals surface area contributed by atoms with Crippen LogP contribution in [-0.2, 0) is 27.8 Å². The summed E-state index contributed by atoms with van der Waals surface area (Å²) in [6, 6.07) is 5.87. The van der Waals surface area contributed by atoms with E-state index in [2.05, 4.69) is 20.1 Å². The minimum absolute atomic E-state index is 0.000666. The molecule has 1 saturated heterocycles. The Morgan fingerprint density at radius 2 is 1.92 bits per heavy atom. The summed E-state index contributed by atoms with van der Waals surface area (Å²) < 4.78 is 70.9. The van der Waals surface area contributed by atoms with E-state index in [1.54, 1.807) is 20.0 Å². The monoisotopic (exact) mass is 535 g/mol. The molecule has 37 heavy (non-hydrogen) atoms. The Hall–Kier alpha value is -3.52. The van der Waals surface area contributed by atoms with E-state index in [-0.39, 0.29) is 22.5 Å². The summed E-state index contributed by atoms with van der Waals surface area (Å²) in [7, 11) is -1.85. The van der Waals surface area contributed by atoms with Gasteiger partial charge in [0.15, 0.2) is 14.9 Å². The molecule has 0 aromatic carbocycles. The number of alkyl halides is 3. The molecule has 1 aliphatic heterocycles. The molecule has 1 atom stereocenters. The maximum atomic E-state index is 13.3. The Balaban J connectivity index is 1.77. The van der Waals surface area contributed by atoms with Gasteiger partial charge in [-0.25, -0.2) is 18.4 Å². The Kier molecular flexibility index (Phi) is 5.98. The summed E-state index contributed by atoms with van der Waals surface area (Å²) >= 11 is 0. The van der Waals surface area contributed by atoms with Crippen LogP contribution in [0.15, 0.2) is 29.3 Å². The molecule has 0 amide bonds. The number of hydrogen-bond donors (Lipinski definition) is 1. The van der Waals surface area contributed by atoms with Crippen LogP contribution in [0.4, 0.5) is 19.0 Å². The number of hydrogen-bond acceptors (Lipinski definition) is 8. The number of nitrogens with zero attached hydrogens (tertiary/aromatic N) is 6. The van der Waals surface area contributed by atoms with Crippen LogP contribution in [-0.4, -0.2) is 70.4 Å². The molecule has 0 radical (unpaired) electrons. The molecule has 0 spiro atoms. The number of morpholine rings is 1. The number of aryl methyl sites for hydroxylation is 2. The molecule has 14 heteroatoms. The maximum absolute atomic E-state index is 13.3. The molecule has 4 aromatic rings. The highest BCUT2D eigenvalue weighted by molar-refractivity contribution is 7.90. The number of H-pyrrole nitrogens is 1. The molecule has 5 rings (SSSR count).